The summed E-state index contributed by atoms with van der Waals surface area (Å²) in [5.41, 5.74) is 2.64. The number of esters is 2. The highest BCUT2D eigenvalue weighted by Gasteiger charge is 2.30. The fourth-order valence-electron chi connectivity index (χ4n) is 3.64. The molecule has 0 fully saturated rings. The van der Waals surface area contributed by atoms with Gasteiger partial charge in [0.1, 0.15) is 0 Å². The molecule has 0 atom stereocenters. The Morgan fingerprint density at radius 2 is 1.28 bits per heavy atom. The standard InChI is InChI=1S/C22H12O3/c23-21-18-10-4-7-14-11-12-17(20(19(14)18)22(24)25-21)16-9-3-6-13-5-1-2-8-15(13)16/h1-12H. The van der Waals surface area contributed by atoms with E-state index in [1.807, 2.05) is 60.7 Å². The van der Waals surface area contributed by atoms with Crippen LogP contribution in [0.1, 0.15) is 20.7 Å². The maximum Gasteiger partial charge on any atom is 0.347 e. The summed E-state index contributed by atoms with van der Waals surface area (Å²) in [6.45, 7) is 0. The third-order valence-electron chi connectivity index (χ3n) is 4.73. The SMILES string of the molecule is O=C1OC(=O)c2c(-c3cccc4ccccc34)ccc3cccc1c23. The molecule has 0 spiro atoms. The molecule has 118 valence electrons. The summed E-state index contributed by atoms with van der Waals surface area (Å²) in [5, 5.41) is 3.69. The molecule has 1 heterocycles. The summed E-state index contributed by atoms with van der Waals surface area (Å²) in [6, 6.07) is 23.3. The zero-order valence-electron chi connectivity index (χ0n) is 13.2. The van der Waals surface area contributed by atoms with Gasteiger partial charge in [0.15, 0.2) is 0 Å². The van der Waals surface area contributed by atoms with Crippen LogP contribution in [0.25, 0.3) is 32.7 Å². The van der Waals surface area contributed by atoms with Gasteiger partial charge in [0.05, 0.1) is 11.1 Å². The van der Waals surface area contributed by atoms with E-state index in [1.165, 1.54) is 0 Å². The molecule has 4 aromatic rings. The largest absolute Gasteiger partial charge is 0.386 e. The first-order chi connectivity index (χ1) is 12.2. The number of fused-ring (bicyclic) bond motifs is 1. The van der Waals surface area contributed by atoms with E-state index in [0.29, 0.717) is 16.5 Å². The highest BCUT2D eigenvalue weighted by Crippen LogP contribution is 2.38. The number of hydrogen-bond donors (Lipinski definition) is 0. The molecule has 1 aliphatic rings. The van der Waals surface area contributed by atoms with Crippen molar-refractivity contribution < 1.29 is 14.3 Å². The van der Waals surface area contributed by atoms with Gasteiger partial charge in [-0.05, 0) is 33.4 Å². The lowest BCUT2D eigenvalue weighted by Gasteiger charge is -2.19. The molecule has 0 amide bonds. The molecule has 0 saturated carbocycles. The fourth-order valence-corrected chi connectivity index (χ4v) is 3.64. The molecule has 1 aliphatic heterocycles. The minimum absolute atomic E-state index is 0.439. The van der Waals surface area contributed by atoms with Crippen LogP contribution in [0.15, 0.2) is 72.8 Å². The zero-order chi connectivity index (χ0) is 17.0. The second-order valence-corrected chi connectivity index (χ2v) is 6.10. The summed E-state index contributed by atoms with van der Waals surface area (Å²) in [6.07, 6.45) is 0. The summed E-state index contributed by atoms with van der Waals surface area (Å²) in [5.74, 6) is -1.17. The second kappa shape index (κ2) is 5.02. The smallest absolute Gasteiger partial charge is 0.347 e. The Kier molecular flexibility index (Phi) is 2.80. The van der Waals surface area contributed by atoms with E-state index >= 15 is 0 Å². The predicted octanol–water partition coefficient (Wildman–Crippen LogP) is 4.97. The van der Waals surface area contributed by atoms with Crippen molar-refractivity contribution in [1.82, 2.24) is 0 Å². The van der Waals surface area contributed by atoms with Crippen LogP contribution >= 0.6 is 0 Å². The molecule has 25 heavy (non-hydrogen) atoms. The topological polar surface area (TPSA) is 43.4 Å². The Bertz CT molecular complexity index is 1200. The zero-order valence-corrected chi connectivity index (χ0v) is 13.2. The van der Waals surface area contributed by atoms with Gasteiger partial charge in [-0.3, -0.25) is 0 Å². The first kappa shape index (κ1) is 13.9. The van der Waals surface area contributed by atoms with Crippen LogP contribution in [-0.4, -0.2) is 11.9 Å². The van der Waals surface area contributed by atoms with E-state index in [2.05, 4.69) is 0 Å². The number of cyclic esters (lactones) is 2. The van der Waals surface area contributed by atoms with Gasteiger partial charge in [-0.2, -0.15) is 0 Å². The van der Waals surface area contributed by atoms with Crippen molar-refractivity contribution in [3.63, 3.8) is 0 Å². The van der Waals surface area contributed by atoms with Gasteiger partial charge in [0.2, 0.25) is 0 Å². The van der Waals surface area contributed by atoms with Crippen molar-refractivity contribution in [2.75, 3.05) is 0 Å². The molecule has 3 nitrogen and oxygen atoms in total. The van der Waals surface area contributed by atoms with Crippen molar-refractivity contribution >= 4 is 33.5 Å². The van der Waals surface area contributed by atoms with E-state index in [4.69, 9.17) is 4.74 Å². The number of ether oxygens (including phenoxy) is 1. The summed E-state index contributed by atoms with van der Waals surface area (Å²) in [7, 11) is 0. The quantitative estimate of drug-likeness (QED) is 0.367. The molecule has 0 saturated heterocycles. The Morgan fingerprint density at radius 1 is 0.560 bits per heavy atom. The molecule has 0 bridgehead atoms. The number of rotatable bonds is 1. The first-order valence-electron chi connectivity index (χ1n) is 8.04. The van der Waals surface area contributed by atoms with Crippen LogP contribution in [0.2, 0.25) is 0 Å². The number of carbonyl (C=O) groups is 2. The molecule has 0 N–H and O–H groups in total. The van der Waals surface area contributed by atoms with E-state index in [1.54, 1.807) is 12.1 Å². The Balaban J connectivity index is 1.95. The van der Waals surface area contributed by atoms with Gasteiger partial charge < -0.3 is 4.74 Å². The summed E-state index contributed by atoms with van der Waals surface area (Å²) < 4.78 is 5.00. The molecule has 3 heteroatoms. The average molecular weight is 324 g/mol. The minimum Gasteiger partial charge on any atom is -0.386 e. The van der Waals surface area contributed by atoms with Crippen LogP contribution in [0, 0.1) is 0 Å². The van der Waals surface area contributed by atoms with Crippen molar-refractivity contribution in [2.24, 2.45) is 0 Å². The van der Waals surface area contributed by atoms with Gasteiger partial charge in [-0.1, -0.05) is 66.7 Å². The summed E-state index contributed by atoms with van der Waals surface area (Å²) >= 11 is 0. The highest BCUT2D eigenvalue weighted by molar-refractivity contribution is 6.24. The van der Waals surface area contributed by atoms with E-state index < -0.39 is 11.9 Å². The second-order valence-electron chi connectivity index (χ2n) is 6.10. The van der Waals surface area contributed by atoms with Gasteiger partial charge >= 0.3 is 11.9 Å². The third kappa shape index (κ3) is 1.93. The summed E-state index contributed by atoms with van der Waals surface area (Å²) in [4.78, 5) is 24.7. The molecule has 5 rings (SSSR count). The third-order valence-corrected chi connectivity index (χ3v) is 4.73. The lowest BCUT2D eigenvalue weighted by Crippen LogP contribution is -2.20. The lowest BCUT2D eigenvalue weighted by molar-refractivity contribution is 0.0392. The molecule has 0 aliphatic carbocycles. The van der Waals surface area contributed by atoms with Gasteiger partial charge in [0, 0.05) is 5.39 Å². The number of carbonyl (C=O) groups excluding carboxylic acids is 2. The number of benzene rings is 4. The molecule has 0 aromatic heterocycles. The predicted molar refractivity (Wildman–Crippen MR) is 96.6 cm³/mol. The highest BCUT2D eigenvalue weighted by atomic mass is 16.6. The van der Waals surface area contributed by atoms with Crippen LogP contribution in [0.5, 0.6) is 0 Å². The Morgan fingerprint density at radius 3 is 2.16 bits per heavy atom. The maximum absolute atomic E-state index is 12.6. The van der Waals surface area contributed by atoms with Crippen molar-refractivity contribution in [1.29, 1.82) is 0 Å². The van der Waals surface area contributed by atoms with Gasteiger partial charge in [-0.25, -0.2) is 9.59 Å². The van der Waals surface area contributed by atoms with Gasteiger partial charge in [0.25, 0.3) is 0 Å². The molecular weight excluding hydrogens is 312 g/mol. The molecular formula is C22H12O3. The van der Waals surface area contributed by atoms with Crippen LogP contribution in [0.4, 0.5) is 0 Å². The monoisotopic (exact) mass is 324 g/mol. The Hall–Kier alpha value is -3.46. The van der Waals surface area contributed by atoms with Crippen molar-refractivity contribution in [3.8, 4) is 11.1 Å². The molecule has 4 aromatic carbocycles. The first-order valence-corrected chi connectivity index (χ1v) is 8.04. The van der Waals surface area contributed by atoms with Crippen LogP contribution < -0.4 is 0 Å². The normalized spacial score (nSPS) is 13.3. The van der Waals surface area contributed by atoms with Crippen LogP contribution in [-0.2, 0) is 4.74 Å². The number of hydrogen-bond acceptors (Lipinski definition) is 3. The lowest BCUT2D eigenvalue weighted by atomic mass is 9.88. The minimum atomic E-state index is -0.586. The Labute approximate surface area is 143 Å². The van der Waals surface area contributed by atoms with Crippen molar-refractivity contribution in [2.45, 2.75) is 0 Å². The van der Waals surface area contributed by atoms with Crippen molar-refractivity contribution in [3.05, 3.63) is 83.9 Å². The van der Waals surface area contributed by atoms with E-state index in [-0.39, 0.29) is 0 Å². The molecule has 0 unspecified atom stereocenters. The van der Waals surface area contributed by atoms with E-state index in [9.17, 15) is 9.59 Å². The fraction of sp³-hybridized carbons (Fsp3) is 0. The average Bonchev–Trinajstić information content (AvgIpc) is 2.65. The van der Waals surface area contributed by atoms with E-state index in [0.717, 1.165) is 27.3 Å². The maximum atomic E-state index is 12.6. The van der Waals surface area contributed by atoms with Gasteiger partial charge in [-0.15, -0.1) is 0 Å². The molecule has 0 radical (unpaired) electrons. The van der Waals surface area contributed by atoms with Crippen LogP contribution in [0.3, 0.4) is 0 Å².